The Labute approximate surface area is 721 Å². The van der Waals surface area contributed by atoms with E-state index in [0.29, 0.717) is 85.8 Å². The summed E-state index contributed by atoms with van der Waals surface area (Å²) in [7, 11) is -13.0. The van der Waals surface area contributed by atoms with Gasteiger partial charge in [0, 0.05) is 55.5 Å². The molecule has 12 rings (SSSR count). The van der Waals surface area contributed by atoms with E-state index in [4.69, 9.17) is 73.6 Å². The van der Waals surface area contributed by atoms with Crippen molar-refractivity contribution < 1.29 is 98.5 Å². The van der Waals surface area contributed by atoms with E-state index in [1.54, 1.807) is 121 Å². The van der Waals surface area contributed by atoms with Crippen LogP contribution in [0.25, 0.3) is 32.9 Å². The van der Waals surface area contributed by atoms with Crippen LogP contribution in [0.1, 0.15) is 145 Å². The van der Waals surface area contributed by atoms with Gasteiger partial charge < -0.3 is 55.7 Å². The molecule has 3 aromatic heterocycles. The minimum absolute atomic E-state index is 0. The number of nitrogens with one attached hydrogen (secondary N) is 8. The number of anilines is 3. The third kappa shape index (κ3) is 25.2. The first-order valence-electron chi connectivity index (χ1n) is 36.7. The van der Waals surface area contributed by atoms with Gasteiger partial charge in [-0.2, -0.15) is 51.6 Å². The lowest BCUT2D eigenvalue weighted by Crippen LogP contribution is -2.41. The van der Waals surface area contributed by atoms with Crippen molar-refractivity contribution in [2.75, 3.05) is 16.0 Å². The molecule has 0 saturated carbocycles. The van der Waals surface area contributed by atoms with Crippen LogP contribution in [-0.2, 0) is 81.5 Å². The quantitative estimate of drug-likeness (QED) is 0.00787. The second-order valence-corrected chi connectivity index (χ2v) is 32.2. The van der Waals surface area contributed by atoms with Crippen molar-refractivity contribution in [3.63, 3.8) is 0 Å². The van der Waals surface area contributed by atoms with Crippen molar-refractivity contribution in [1.29, 1.82) is 5.41 Å². The highest BCUT2D eigenvalue weighted by Gasteiger charge is 2.38. The van der Waals surface area contributed by atoms with Crippen LogP contribution in [-0.4, -0.2) is 72.4 Å². The number of aryl methyl sites for hydroxylation is 6. The Balaban J connectivity index is 0.000000213. The van der Waals surface area contributed by atoms with Crippen molar-refractivity contribution in [1.82, 2.24) is 19.5 Å². The molecule has 658 valence electrons. The summed E-state index contributed by atoms with van der Waals surface area (Å²) in [5.74, 6) is -4.83. The SMILES string of the molecule is C.CCc1cc(C(Nc2ccc(C(=N)NC(=O)c3ccc(Cl)c(Cl)c3)cc2)C(=O)NS(N)(=O)=O)cc2c(C)coc12.CCc1cc(C(Nc2ccc(C(N)=NOC(=O)c3cc(C(F)(F)F)cc(C(F)(F)F)c3)cc2)C(=O)NS(N)(=O)=O)cc2c(C)coc12.CCc1cc(C(Nc2ccc(C(N)=NOc3ccccc3)cc2)C(=O)NS(N)(=O)=O)cc2c(C)coc12. The first-order valence-corrected chi connectivity index (χ1v) is 42.1. The van der Waals surface area contributed by atoms with Gasteiger partial charge in [-0.1, -0.05) is 79.9 Å². The van der Waals surface area contributed by atoms with Crippen molar-refractivity contribution in [3.8, 4) is 5.75 Å². The Kier molecular flexibility index (Phi) is 30.5. The first-order chi connectivity index (χ1) is 58.3. The number of rotatable bonds is 26. The summed E-state index contributed by atoms with van der Waals surface area (Å²) >= 11 is 11.9. The van der Waals surface area contributed by atoms with E-state index in [1.165, 1.54) is 42.5 Å². The highest BCUT2D eigenvalue weighted by molar-refractivity contribution is 7.88. The normalized spacial score (nSPS) is 12.7. The predicted octanol–water partition coefficient (Wildman–Crippen LogP) is 14.2. The van der Waals surface area contributed by atoms with E-state index in [1.807, 2.05) is 68.3 Å². The maximum Gasteiger partial charge on any atom is 0.416 e. The molecule has 0 aliphatic heterocycles. The number of benzene rings is 9. The molecule has 12 aromatic rings. The van der Waals surface area contributed by atoms with Crippen molar-refractivity contribution in [2.45, 2.75) is 98.7 Å². The lowest BCUT2D eigenvalue weighted by atomic mass is 9.98. The Morgan fingerprint density at radius 2 is 0.800 bits per heavy atom. The smallest absolute Gasteiger partial charge is 0.416 e. The zero-order valence-corrected chi connectivity index (χ0v) is 69.9. The van der Waals surface area contributed by atoms with Gasteiger partial charge in [-0.05, 0) is 248 Å². The number of para-hydroxylation sites is 1. The summed E-state index contributed by atoms with van der Waals surface area (Å²) in [6.07, 6.45) is -3.77. The number of hydrogen-bond acceptors (Lipinski definition) is 22. The zero-order valence-electron chi connectivity index (χ0n) is 65.9. The highest BCUT2D eigenvalue weighted by Crippen LogP contribution is 2.39. The highest BCUT2D eigenvalue weighted by atomic mass is 35.5. The maximum absolute atomic E-state index is 13.1. The molecule has 125 heavy (non-hydrogen) atoms. The summed E-state index contributed by atoms with van der Waals surface area (Å²) in [6.45, 7) is 11.3. The van der Waals surface area contributed by atoms with E-state index < -0.39 is 113 Å². The fourth-order valence-electron chi connectivity index (χ4n) is 12.4. The average molecular weight is 1830 g/mol. The van der Waals surface area contributed by atoms with Gasteiger partial charge in [-0.15, -0.1) is 0 Å². The van der Waals surface area contributed by atoms with Crippen molar-refractivity contribution >= 4 is 151 Å². The number of fused-ring (bicyclic) bond motifs is 3. The minimum atomic E-state index is -5.18. The second kappa shape index (κ2) is 39.9. The third-order valence-electron chi connectivity index (χ3n) is 18.5. The zero-order chi connectivity index (χ0) is 90.7. The molecule has 0 bridgehead atoms. The Hall–Kier alpha value is -13.4. The minimum Gasteiger partial charge on any atom is -0.464 e. The van der Waals surface area contributed by atoms with Crippen LogP contribution in [0.5, 0.6) is 5.75 Å². The Bertz CT molecular complexity index is 6470. The average Bonchev–Trinajstić information content (AvgIpc) is 1.76. The number of amidine groups is 3. The summed E-state index contributed by atoms with van der Waals surface area (Å²) in [5, 5.41) is 45.1. The maximum atomic E-state index is 13.1. The molecule has 4 amide bonds. The van der Waals surface area contributed by atoms with Crippen LogP contribution >= 0.6 is 23.2 Å². The van der Waals surface area contributed by atoms with E-state index >= 15 is 0 Å². The molecule has 0 fully saturated rings. The van der Waals surface area contributed by atoms with E-state index in [0.717, 1.165) is 49.7 Å². The molecule has 0 radical (unpaired) electrons. The number of nitrogens with two attached hydrogens (primary N) is 5. The molecule has 0 aliphatic carbocycles. The van der Waals surface area contributed by atoms with Gasteiger partial charge in [0.1, 0.15) is 40.7 Å². The molecule has 31 nitrogen and oxygen atoms in total. The molecule has 0 spiro atoms. The fraction of sp³-hybridized carbons (Fsp3) is 0.181. The number of carbonyl (C=O) groups excluding carboxylic acids is 5. The van der Waals surface area contributed by atoms with Gasteiger partial charge in [-0.3, -0.25) is 24.6 Å². The van der Waals surface area contributed by atoms with Crippen molar-refractivity contribution in [3.05, 3.63) is 294 Å². The standard InChI is InChI=1S/C29H25F6N5O6S.C27H25Cl2N5O5S.C26H27N5O5S.CH4/c1-3-15-8-17(11-22-14(2)13-45-24(15)22)23(26(41)40-47(37,43)44)38-21-6-4-16(5-7-21)25(36)39-46-27(42)18-9-19(28(30,31)32)12-20(10-18)29(33,34)35;1-3-15-10-18(11-20-14(2)13-39-24(15)20)23(27(36)34-40(31,37)38)32-19-7-4-16(5-8-19)25(30)33-26(35)17-6-9-21(28)22(29)12-17;1-3-17-13-19(14-22-16(2)15-35-24(17)22)23(26(32)31-37(28,33)34)29-20-11-9-18(10-12-20)25(27)30-36-21-7-5-4-6-8-21;/h4-13,23,38H,3H2,1-2H3,(H2,36,39)(H,40,41)(H2,37,43,44);4-13,23,32H,3H2,1-2H3,(H,34,36)(H2,30,33,35)(H2,31,37,38);4-15,23,29H,3H2,1-2H3,(H2,27,30)(H,31,32)(H2,28,33,34);1H4. The number of alkyl halides is 6. The number of furan rings is 3. The van der Waals surface area contributed by atoms with Crippen molar-refractivity contribution in [2.24, 2.45) is 37.2 Å². The lowest BCUT2D eigenvalue weighted by Gasteiger charge is -2.20. The van der Waals surface area contributed by atoms with Crippen LogP contribution in [0.4, 0.5) is 43.4 Å². The van der Waals surface area contributed by atoms with Crippen LogP contribution in [0, 0.1) is 26.2 Å². The number of halogens is 8. The van der Waals surface area contributed by atoms with E-state index in [9.17, 15) is 75.6 Å². The van der Waals surface area contributed by atoms with Gasteiger partial charge in [0.15, 0.2) is 17.4 Å². The number of carbonyl (C=O) groups is 5. The largest absolute Gasteiger partial charge is 0.464 e. The monoisotopic (exact) mass is 1820 g/mol. The van der Waals surface area contributed by atoms with E-state index in [-0.39, 0.29) is 59.1 Å². The predicted molar refractivity (Wildman–Crippen MR) is 461 cm³/mol. The number of oxime groups is 2. The van der Waals surface area contributed by atoms with Crippen LogP contribution in [0.3, 0.4) is 0 Å². The number of hydrogen-bond donors (Lipinski definition) is 13. The third-order valence-corrected chi connectivity index (χ3v) is 20.7. The molecule has 42 heteroatoms. The summed E-state index contributed by atoms with van der Waals surface area (Å²) in [5.41, 5.74) is 18.4. The Morgan fingerprint density at radius 3 is 1.14 bits per heavy atom. The van der Waals surface area contributed by atoms with Gasteiger partial charge in [0.25, 0.3) is 54.3 Å². The second-order valence-electron chi connectivity index (χ2n) is 27.5. The van der Waals surface area contributed by atoms with Gasteiger partial charge >= 0.3 is 18.3 Å². The number of nitrogens with zero attached hydrogens (tertiary/aromatic N) is 2. The molecule has 18 N–H and O–H groups in total. The summed E-state index contributed by atoms with van der Waals surface area (Å²) in [4.78, 5) is 73.8. The van der Waals surface area contributed by atoms with Gasteiger partial charge in [0.05, 0.1) is 45.5 Å². The molecule has 0 aliphatic rings. The van der Waals surface area contributed by atoms with Crippen LogP contribution in [0.15, 0.2) is 218 Å². The molecule has 0 saturated heterocycles. The molecule has 3 unspecified atom stereocenters. The first kappa shape index (κ1) is 95.5. The van der Waals surface area contributed by atoms with Gasteiger partial charge in [0.2, 0.25) is 0 Å². The molecule has 9 aromatic carbocycles. The lowest BCUT2D eigenvalue weighted by molar-refractivity contribution is -0.143. The van der Waals surface area contributed by atoms with Crippen LogP contribution in [0.2, 0.25) is 10.0 Å². The number of amides is 4. The molecular weight excluding hydrogens is 1740 g/mol. The topological polar surface area (TPSA) is 509 Å². The van der Waals surface area contributed by atoms with E-state index in [2.05, 4.69) is 36.4 Å². The summed E-state index contributed by atoms with van der Waals surface area (Å²) < 4.78 is 171. The fourth-order valence-corrected chi connectivity index (χ4v) is 13.9. The van der Waals surface area contributed by atoms with Crippen LogP contribution < -0.4 is 67.2 Å². The molecular formula is C83H81Cl2F6N15O16S3. The Morgan fingerprint density at radius 1 is 0.456 bits per heavy atom. The molecule has 3 heterocycles. The van der Waals surface area contributed by atoms with Gasteiger partial charge in [-0.25, -0.2) is 34.4 Å². The summed E-state index contributed by atoms with van der Waals surface area (Å²) in [6, 6.07) is 39.1. The molecule has 3 atom stereocenters.